The number of nitrogens with one attached hydrogen (secondary N) is 3. The Morgan fingerprint density at radius 3 is 2.45 bits per heavy atom. The summed E-state index contributed by atoms with van der Waals surface area (Å²) in [7, 11) is 0. The molecule has 0 spiro atoms. The van der Waals surface area contributed by atoms with E-state index in [1.54, 1.807) is 29.6 Å². The molecule has 0 fully saturated rings. The molecule has 1 aromatic carbocycles. The van der Waals surface area contributed by atoms with Gasteiger partial charge in [0.05, 0.1) is 5.56 Å². The van der Waals surface area contributed by atoms with Gasteiger partial charge in [-0.15, -0.1) is 11.3 Å². The summed E-state index contributed by atoms with van der Waals surface area (Å²) in [5.74, 6) is -0.636. The van der Waals surface area contributed by atoms with Gasteiger partial charge in [-0.2, -0.15) is 0 Å². The lowest BCUT2D eigenvalue weighted by Gasteiger charge is -2.10. The van der Waals surface area contributed by atoms with Gasteiger partial charge in [0.1, 0.15) is 0 Å². The average Bonchev–Trinajstić information content (AvgIpc) is 3.02. The number of hydrogen-bond acceptors (Lipinski definition) is 4. The quantitative estimate of drug-likeness (QED) is 0.595. The van der Waals surface area contributed by atoms with Gasteiger partial charge < -0.3 is 0 Å². The first-order valence-electron chi connectivity index (χ1n) is 6.64. The van der Waals surface area contributed by atoms with Gasteiger partial charge in [0.15, 0.2) is 5.11 Å². The predicted octanol–water partition coefficient (Wildman–Crippen LogP) is 2.26. The zero-order chi connectivity index (χ0) is 15.9. The van der Waals surface area contributed by atoms with Crippen LogP contribution in [0.3, 0.4) is 0 Å². The fraction of sp³-hybridized carbons (Fsp3) is 0.133. The van der Waals surface area contributed by atoms with Gasteiger partial charge >= 0.3 is 0 Å². The van der Waals surface area contributed by atoms with Crippen LogP contribution in [0.2, 0.25) is 0 Å². The minimum absolute atomic E-state index is 0.0353. The van der Waals surface area contributed by atoms with Crippen molar-refractivity contribution in [3.8, 4) is 0 Å². The number of thiophene rings is 1. The van der Waals surface area contributed by atoms with Crippen LogP contribution >= 0.6 is 23.6 Å². The van der Waals surface area contributed by atoms with E-state index in [2.05, 4.69) is 16.2 Å². The van der Waals surface area contributed by atoms with E-state index < -0.39 is 0 Å². The molecule has 5 nitrogen and oxygen atoms in total. The molecule has 0 aliphatic heterocycles. The van der Waals surface area contributed by atoms with Crippen molar-refractivity contribution in [1.29, 1.82) is 0 Å². The number of hydrogen-bond donors (Lipinski definition) is 3. The van der Waals surface area contributed by atoms with Crippen LogP contribution in [0.25, 0.3) is 0 Å². The Kier molecular flexibility index (Phi) is 5.62. The topological polar surface area (TPSA) is 70.2 Å². The molecule has 2 amide bonds. The molecule has 3 N–H and O–H groups in total. The van der Waals surface area contributed by atoms with Gasteiger partial charge in [0.25, 0.3) is 11.8 Å². The Labute approximate surface area is 137 Å². The molecule has 0 bridgehead atoms. The van der Waals surface area contributed by atoms with Crippen LogP contribution in [0.4, 0.5) is 0 Å². The first-order chi connectivity index (χ1) is 10.6. The van der Waals surface area contributed by atoms with E-state index in [9.17, 15) is 9.59 Å². The lowest BCUT2D eigenvalue weighted by Crippen LogP contribution is -2.48. The van der Waals surface area contributed by atoms with Crippen LogP contribution in [-0.4, -0.2) is 16.9 Å². The third-order valence-corrected chi connectivity index (χ3v) is 4.10. The largest absolute Gasteiger partial charge is 0.298 e. The van der Waals surface area contributed by atoms with Crippen LogP contribution in [0.1, 0.15) is 32.5 Å². The summed E-state index contributed by atoms with van der Waals surface area (Å²) in [4.78, 5) is 24.9. The van der Waals surface area contributed by atoms with E-state index >= 15 is 0 Å². The highest BCUT2D eigenvalue weighted by molar-refractivity contribution is 7.80. The highest BCUT2D eigenvalue weighted by Crippen LogP contribution is 2.14. The van der Waals surface area contributed by atoms with Crippen LogP contribution in [0, 0.1) is 0 Å². The Morgan fingerprint density at radius 1 is 1.09 bits per heavy atom. The van der Waals surface area contributed by atoms with Crippen molar-refractivity contribution < 1.29 is 9.59 Å². The van der Waals surface area contributed by atoms with Crippen molar-refractivity contribution in [3.63, 3.8) is 0 Å². The van der Waals surface area contributed by atoms with E-state index in [1.807, 2.05) is 19.1 Å². The van der Waals surface area contributed by atoms with Crippen LogP contribution < -0.4 is 16.2 Å². The SMILES string of the molecule is CCc1cc(C(=O)NNC(=S)NC(=O)c2ccccc2)cs1. The maximum Gasteiger partial charge on any atom is 0.270 e. The molecular formula is C15H15N3O2S2. The molecular weight excluding hydrogens is 318 g/mol. The van der Waals surface area contributed by atoms with E-state index in [0.29, 0.717) is 11.1 Å². The molecule has 0 radical (unpaired) electrons. The molecule has 7 heteroatoms. The number of aryl methyl sites for hydroxylation is 1. The second-order valence-electron chi connectivity index (χ2n) is 4.38. The monoisotopic (exact) mass is 333 g/mol. The number of thiocarbonyl (C=S) groups is 1. The number of benzene rings is 1. The maximum atomic E-state index is 11.9. The number of carbonyl (C=O) groups excluding carboxylic acids is 2. The third-order valence-electron chi connectivity index (χ3n) is 2.82. The summed E-state index contributed by atoms with van der Waals surface area (Å²) in [5.41, 5.74) is 6.02. The number of amides is 2. The summed E-state index contributed by atoms with van der Waals surface area (Å²) < 4.78 is 0. The second kappa shape index (κ2) is 7.67. The molecule has 0 saturated carbocycles. The lowest BCUT2D eigenvalue weighted by atomic mass is 10.2. The van der Waals surface area contributed by atoms with E-state index in [4.69, 9.17) is 12.2 Å². The fourth-order valence-electron chi connectivity index (χ4n) is 1.67. The van der Waals surface area contributed by atoms with Gasteiger partial charge in [-0.1, -0.05) is 25.1 Å². The lowest BCUT2D eigenvalue weighted by molar-refractivity contribution is 0.0935. The first kappa shape index (κ1) is 16.1. The van der Waals surface area contributed by atoms with Gasteiger partial charge in [0, 0.05) is 15.8 Å². The summed E-state index contributed by atoms with van der Waals surface area (Å²) >= 11 is 6.50. The predicted molar refractivity (Wildman–Crippen MR) is 90.8 cm³/mol. The summed E-state index contributed by atoms with van der Waals surface area (Å²) in [5, 5.41) is 4.30. The molecule has 1 aromatic heterocycles. The minimum Gasteiger partial charge on any atom is -0.298 e. The Hall–Kier alpha value is -2.25. The molecule has 2 rings (SSSR count). The molecule has 0 atom stereocenters. The van der Waals surface area contributed by atoms with E-state index in [0.717, 1.165) is 11.3 Å². The third kappa shape index (κ3) is 4.37. The van der Waals surface area contributed by atoms with Crippen LogP contribution in [-0.2, 0) is 6.42 Å². The molecule has 114 valence electrons. The van der Waals surface area contributed by atoms with Crippen LogP contribution in [0.5, 0.6) is 0 Å². The fourth-order valence-corrected chi connectivity index (χ4v) is 2.63. The summed E-state index contributed by atoms with van der Waals surface area (Å²) in [6.45, 7) is 2.03. The molecule has 0 saturated heterocycles. The molecule has 22 heavy (non-hydrogen) atoms. The molecule has 0 aliphatic carbocycles. The van der Waals surface area contributed by atoms with Crippen molar-refractivity contribution in [2.75, 3.05) is 0 Å². The number of rotatable bonds is 3. The highest BCUT2D eigenvalue weighted by atomic mass is 32.1. The molecule has 0 aliphatic rings. The molecule has 0 unspecified atom stereocenters. The Balaban J connectivity index is 1.82. The van der Waals surface area contributed by atoms with Crippen molar-refractivity contribution in [3.05, 3.63) is 57.8 Å². The minimum atomic E-state index is -0.337. The number of carbonyl (C=O) groups is 2. The first-order valence-corrected chi connectivity index (χ1v) is 7.93. The van der Waals surface area contributed by atoms with Gasteiger partial charge in [-0.3, -0.25) is 25.8 Å². The van der Waals surface area contributed by atoms with Crippen molar-refractivity contribution in [2.24, 2.45) is 0 Å². The second-order valence-corrected chi connectivity index (χ2v) is 5.79. The maximum absolute atomic E-state index is 11.9. The number of hydrazine groups is 1. The normalized spacial score (nSPS) is 9.86. The molecule has 2 aromatic rings. The summed E-state index contributed by atoms with van der Waals surface area (Å²) in [6.07, 6.45) is 0.886. The average molecular weight is 333 g/mol. The van der Waals surface area contributed by atoms with Crippen LogP contribution in [0.15, 0.2) is 41.8 Å². The highest BCUT2D eigenvalue weighted by Gasteiger charge is 2.10. The molecule has 1 heterocycles. The Bertz CT molecular complexity index is 683. The van der Waals surface area contributed by atoms with Gasteiger partial charge in [-0.05, 0) is 36.8 Å². The van der Waals surface area contributed by atoms with Crippen molar-refractivity contribution in [1.82, 2.24) is 16.2 Å². The summed E-state index contributed by atoms with van der Waals surface area (Å²) in [6, 6.07) is 10.5. The van der Waals surface area contributed by atoms with Crippen molar-refractivity contribution in [2.45, 2.75) is 13.3 Å². The van der Waals surface area contributed by atoms with Gasteiger partial charge in [0.2, 0.25) is 0 Å². The zero-order valence-electron chi connectivity index (χ0n) is 11.9. The zero-order valence-corrected chi connectivity index (χ0v) is 13.5. The van der Waals surface area contributed by atoms with Gasteiger partial charge in [-0.25, -0.2) is 0 Å². The standard InChI is InChI=1S/C15H15N3O2S2/c1-2-12-8-11(9-22-12)14(20)17-18-15(21)16-13(19)10-6-4-3-5-7-10/h3-9H,2H2,1H3,(H,17,20)(H2,16,18,19,21). The van der Waals surface area contributed by atoms with Crippen molar-refractivity contribution >= 4 is 40.5 Å². The smallest absolute Gasteiger partial charge is 0.270 e. The Morgan fingerprint density at radius 2 is 1.82 bits per heavy atom. The van der Waals surface area contributed by atoms with E-state index in [-0.39, 0.29) is 16.9 Å². The van der Waals surface area contributed by atoms with E-state index in [1.165, 1.54) is 11.3 Å².